The fourth-order valence-electron chi connectivity index (χ4n) is 7.39. The monoisotopic (exact) mass is 316 g/mol. The van der Waals surface area contributed by atoms with Crippen molar-refractivity contribution in [2.75, 3.05) is 0 Å². The van der Waals surface area contributed by atoms with Crippen molar-refractivity contribution < 1.29 is 9.90 Å². The molecule has 0 aromatic rings. The highest BCUT2D eigenvalue weighted by atomic mass is 16.3. The van der Waals surface area contributed by atoms with Crippen molar-refractivity contribution in [3.63, 3.8) is 0 Å². The molecule has 1 N–H and O–H groups in total. The minimum absolute atomic E-state index is 0.163. The van der Waals surface area contributed by atoms with Crippen LogP contribution in [0, 0.1) is 34.5 Å². The van der Waals surface area contributed by atoms with E-state index >= 15 is 0 Å². The van der Waals surface area contributed by atoms with Crippen molar-refractivity contribution in [1.29, 1.82) is 0 Å². The van der Waals surface area contributed by atoms with Gasteiger partial charge in [-0.15, -0.1) is 0 Å². The van der Waals surface area contributed by atoms with Gasteiger partial charge in [0.05, 0.1) is 6.10 Å². The predicted octanol–water partition coefficient (Wildman–Crippen LogP) is 4.52. The minimum atomic E-state index is -0.163. The summed E-state index contributed by atoms with van der Waals surface area (Å²) in [4.78, 5) is 11.9. The lowest BCUT2D eigenvalue weighted by Gasteiger charge is -2.58. The summed E-state index contributed by atoms with van der Waals surface area (Å²) in [5.74, 6) is 3.21. The second-order valence-electron chi connectivity index (χ2n) is 9.44. The second-order valence-corrected chi connectivity index (χ2v) is 9.44. The second kappa shape index (κ2) is 5.18. The molecular formula is C21H32O2. The van der Waals surface area contributed by atoms with E-state index in [2.05, 4.69) is 13.8 Å². The van der Waals surface area contributed by atoms with E-state index in [-0.39, 0.29) is 11.5 Å². The molecule has 0 saturated heterocycles. The van der Waals surface area contributed by atoms with Crippen LogP contribution < -0.4 is 0 Å². The zero-order chi connectivity index (χ0) is 16.4. The van der Waals surface area contributed by atoms with Gasteiger partial charge < -0.3 is 5.11 Å². The molecule has 0 heterocycles. The van der Waals surface area contributed by atoms with Crippen molar-refractivity contribution >= 4 is 5.78 Å². The first-order valence-electron chi connectivity index (χ1n) is 9.78. The zero-order valence-electron chi connectivity index (χ0n) is 15.0. The van der Waals surface area contributed by atoms with Gasteiger partial charge in [-0.2, -0.15) is 0 Å². The quantitative estimate of drug-likeness (QED) is 0.772. The summed E-state index contributed by atoms with van der Waals surface area (Å²) in [6.07, 6.45) is 11.1. The molecule has 128 valence electrons. The molecule has 4 aliphatic carbocycles. The summed E-state index contributed by atoms with van der Waals surface area (Å²) in [7, 11) is 0. The molecule has 0 aliphatic heterocycles. The molecular weight excluding hydrogens is 284 g/mol. The number of ketones is 1. The van der Waals surface area contributed by atoms with Gasteiger partial charge >= 0.3 is 0 Å². The number of aliphatic hydroxyl groups is 1. The lowest BCUT2D eigenvalue weighted by molar-refractivity contribution is -0.117. The number of fused-ring (bicyclic) bond motifs is 5. The molecule has 3 saturated carbocycles. The summed E-state index contributed by atoms with van der Waals surface area (Å²) in [6.45, 7) is 6.92. The van der Waals surface area contributed by atoms with Crippen LogP contribution in [0.1, 0.15) is 72.1 Å². The van der Waals surface area contributed by atoms with Crippen LogP contribution in [0.3, 0.4) is 0 Å². The highest BCUT2D eigenvalue weighted by Crippen LogP contribution is 2.66. The van der Waals surface area contributed by atoms with Crippen LogP contribution in [0.2, 0.25) is 0 Å². The molecule has 2 heteroatoms. The van der Waals surface area contributed by atoms with Crippen LogP contribution >= 0.6 is 0 Å². The Balaban J connectivity index is 1.66. The van der Waals surface area contributed by atoms with E-state index in [1.165, 1.54) is 37.7 Å². The van der Waals surface area contributed by atoms with Gasteiger partial charge in [0.2, 0.25) is 0 Å². The molecule has 0 spiro atoms. The lowest BCUT2D eigenvalue weighted by atomic mass is 9.46. The number of aliphatic hydroxyl groups excluding tert-OH is 1. The average molecular weight is 316 g/mol. The first-order chi connectivity index (χ1) is 10.9. The minimum Gasteiger partial charge on any atom is -0.393 e. The molecule has 0 aromatic heterocycles. The normalized spacial score (nSPS) is 50.6. The standard InChI is InChI=1S/C21H32O2/c1-13(22)17-6-7-18-16-5-4-14-12-15(23)8-10-20(14,2)19(16)9-11-21(17,18)3/h12-13,16-19,22H,4-11H2,1-3H3/t13-,16?,17?,18?,19?,20+,21-/m1/s1. The van der Waals surface area contributed by atoms with Crippen LogP contribution in [0.5, 0.6) is 0 Å². The van der Waals surface area contributed by atoms with E-state index in [0.717, 1.165) is 37.0 Å². The molecule has 4 unspecified atom stereocenters. The Kier molecular flexibility index (Phi) is 3.58. The summed E-state index contributed by atoms with van der Waals surface area (Å²) in [5, 5.41) is 10.3. The Labute approximate surface area is 140 Å². The molecule has 0 bridgehead atoms. The van der Waals surface area contributed by atoms with Crippen molar-refractivity contribution in [2.45, 2.75) is 78.2 Å². The number of rotatable bonds is 1. The highest BCUT2D eigenvalue weighted by Gasteiger charge is 2.59. The molecule has 4 rings (SSSR count). The largest absolute Gasteiger partial charge is 0.393 e. The van der Waals surface area contributed by atoms with Crippen LogP contribution in [0.4, 0.5) is 0 Å². The topological polar surface area (TPSA) is 37.3 Å². The average Bonchev–Trinajstić information content (AvgIpc) is 2.85. The number of allylic oxidation sites excluding steroid dienone is 1. The van der Waals surface area contributed by atoms with Gasteiger partial charge in [0, 0.05) is 6.42 Å². The SMILES string of the molecule is C[C@@H](O)C1CCC2C3CCC4=CC(=O)CC[C@]4(C)C3CC[C@@]21C. The van der Waals surface area contributed by atoms with E-state index in [4.69, 9.17) is 0 Å². The molecule has 7 atom stereocenters. The van der Waals surface area contributed by atoms with E-state index in [9.17, 15) is 9.90 Å². The van der Waals surface area contributed by atoms with E-state index < -0.39 is 0 Å². The Morgan fingerprint density at radius 1 is 1.09 bits per heavy atom. The Morgan fingerprint density at radius 2 is 1.87 bits per heavy atom. The third-order valence-electron chi connectivity index (χ3n) is 8.62. The van der Waals surface area contributed by atoms with Crippen LogP contribution in [0.25, 0.3) is 0 Å². The Hall–Kier alpha value is -0.630. The maximum absolute atomic E-state index is 11.9. The molecule has 0 radical (unpaired) electrons. The molecule has 4 aliphatic rings. The number of carbonyl (C=O) groups excluding carboxylic acids is 1. The number of carbonyl (C=O) groups is 1. The van der Waals surface area contributed by atoms with Crippen molar-refractivity contribution in [3.05, 3.63) is 11.6 Å². The van der Waals surface area contributed by atoms with E-state index in [1.54, 1.807) is 0 Å². The summed E-state index contributed by atoms with van der Waals surface area (Å²) < 4.78 is 0. The molecule has 0 amide bonds. The third kappa shape index (κ3) is 2.13. The zero-order valence-corrected chi connectivity index (χ0v) is 15.0. The van der Waals surface area contributed by atoms with Crippen LogP contribution in [-0.2, 0) is 4.79 Å². The fourth-order valence-corrected chi connectivity index (χ4v) is 7.39. The van der Waals surface area contributed by atoms with E-state index in [0.29, 0.717) is 17.1 Å². The third-order valence-corrected chi connectivity index (χ3v) is 8.62. The molecule has 2 nitrogen and oxygen atoms in total. The summed E-state index contributed by atoms with van der Waals surface area (Å²) >= 11 is 0. The van der Waals surface area contributed by atoms with Crippen molar-refractivity contribution in [2.24, 2.45) is 34.5 Å². The summed E-state index contributed by atoms with van der Waals surface area (Å²) in [5.41, 5.74) is 2.09. The van der Waals surface area contributed by atoms with Gasteiger partial charge in [-0.3, -0.25) is 4.79 Å². The Morgan fingerprint density at radius 3 is 2.61 bits per heavy atom. The van der Waals surface area contributed by atoms with Gasteiger partial charge in [-0.05, 0) is 92.4 Å². The van der Waals surface area contributed by atoms with Crippen molar-refractivity contribution in [1.82, 2.24) is 0 Å². The maximum atomic E-state index is 11.9. The van der Waals surface area contributed by atoms with Gasteiger partial charge in [0.1, 0.15) is 0 Å². The maximum Gasteiger partial charge on any atom is 0.155 e. The molecule has 3 fully saturated rings. The van der Waals surface area contributed by atoms with Gasteiger partial charge in [-0.1, -0.05) is 19.4 Å². The van der Waals surface area contributed by atoms with Crippen molar-refractivity contribution in [3.8, 4) is 0 Å². The smallest absolute Gasteiger partial charge is 0.155 e. The molecule has 0 aromatic carbocycles. The number of hydrogen-bond acceptors (Lipinski definition) is 2. The first kappa shape index (κ1) is 15.9. The number of hydrogen-bond donors (Lipinski definition) is 1. The predicted molar refractivity (Wildman–Crippen MR) is 91.9 cm³/mol. The fraction of sp³-hybridized carbons (Fsp3) is 0.857. The van der Waals surface area contributed by atoms with E-state index in [1.807, 2.05) is 13.0 Å². The molecule has 23 heavy (non-hydrogen) atoms. The van der Waals surface area contributed by atoms with Crippen LogP contribution in [0.15, 0.2) is 11.6 Å². The summed E-state index contributed by atoms with van der Waals surface area (Å²) in [6, 6.07) is 0. The lowest BCUT2D eigenvalue weighted by Crippen LogP contribution is -2.51. The first-order valence-corrected chi connectivity index (χ1v) is 9.78. The van der Waals surface area contributed by atoms with Crippen LogP contribution in [-0.4, -0.2) is 17.0 Å². The highest BCUT2D eigenvalue weighted by molar-refractivity contribution is 5.91. The van der Waals surface area contributed by atoms with Gasteiger partial charge in [0.15, 0.2) is 5.78 Å². The van der Waals surface area contributed by atoms with Gasteiger partial charge in [-0.25, -0.2) is 0 Å². The van der Waals surface area contributed by atoms with Gasteiger partial charge in [0.25, 0.3) is 0 Å². The Bertz CT molecular complexity index is 548.